The molecule has 5 rings (SSSR count). The van der Waals surface area contributed by atoms with Crippen LogP contribution in [0.25, 0.3) is 22.1 Å². The molecule has 0 unspecified atom stereocenters. The summed E-state index contributed by atoms with van der Waals surface area (Å²) in [4.78, 5) is 33.1. The van der Waals surface area contributed by atoms with E-state index in [-0.39, 0.29) is 18.5 Å². The maximum atomic E-state index is 12.7. The van der Waals surface area contributed by atoms with Crippen LogP contribution in [0, 0.1) is 18.8 Å². The van der Waals surface area contributed by atoms with E-state index < -0.39 is 5.69 Å². The van der Waals surface area contributed by atoms with E-state index in [1.807, 2.05) is 35.8 Å². The fourth-order valence-electron chi connectivity index (χ4n) is 4.51. The molecule has 1 aliphatic rings. The van der Waals surface area contributed by atoms with Gasteiger partial charge < -0.3 is 15.4 Å². The maximum absolute atomic E-state index is 12.7. The van der Waals surface area contributed by atoms with Crippen LogP contribution in [0.1, 0.15) is 31.3 Å². The summed E-state index contributed by atoms with van der Waals surface area (Å²) in [5.74, 6) is 7.47. The minimum atomic E-state index is -0.448. The molecule has 0 bridgehead atoms. The molecule has 180 valence electrons. The molecule has 0 amide bonds. The molecule has 4 heterocycles. The number of aryl methyl sites for hydroxylation is 2. The van der Waals surface area contributed by atoms with Crippen molar-refractivity contribution in [2.45, 2.75) is 45.9 Å². The minimum absolute atomic E-state index is 0.0650. The van der Waals surface area contributed by atoms with Gasteiger partial charge in [-0.05, 0) is 32.8 Å². The SMILES string of the molecule is CC#CCn1c(N2CCC[C@@H](N)C2)nc2c1c(OCc1nc(C)c3ccccc3n1)nc(=O)n2C. The lowest BCUT2D eigenvalue weighted by Gasteiger charge is -2.31. The van der Waals surface area contributed by atoms with Gasteiger partial charge in [0, 0.05) is 37.3 Å². The van der Waals surface area contributed by atoms with Crippen LogP contribution in [0.3, 0.4) is 0 Å². The molecule has 0 radical (unpaired) electrons. The number of aromatic nitrogens is 6. The lowest BCUT2D eigenvalue weighted by molar-refractivity contribution is 0.285. The van der Waals surface area contributed by atoms with E-state index in [0.29, 0.717) is 36.0 Å². The second kappa shape index (κ2) is 9.35. The molecule has 4 aromatic rings. The molecule has 2 N–H and O–H groups in total. The number of fused-ring (bicyclic) bond motifs is 2. The number of piperidine rings is 1. The van der Waals surface area contributed by atoms with Crippen LogP contribution in [-0.4, -0.2) is 48.2 Å². The molecule has 3 aromatic heterocycles. The molecule has 0 saturated carbocycles. The largest absolute Gasteiger partial charge is 0.468 e. The Labute approximate surface area is 202 Å². The standard InChI is InChI=1S/C25H28N8O2/c1-4-5-13-33-21-22(29-24(33)32-12-8-9-17(26)14-32)31(3)25(34)30-23(21)35-15-20-27-16(2)18-10-6-7-11-19(18)28-20/h6-7,10-11,17H,8-9,12-15,26H2,1-3H3/t17-/m1/s1. The second-order valence-electron chi connectivity index (χ2n) is 8.73. The van der Waals surface area contributed by atoms with Crippen LogP contribution in [0.5, 0.6) is 5.88 Å². The molecule has 1 saturated heterocycles. The molecular formula is C25H28N8O2. The Morgan fingerprint density at radius 1 is 1.20 bits per heavy atom. The Balaban J connectivity index is 1.59. The molecule has 1 atom stereocenters. The molecule has 35 heavy (non-hydrogen) atoms. The summed E-state index contributed by atoms with van der Waals surface area (Å²) in [7, 11) is 1.66. The van der Waals surface area contributed by atoms with Crippen molar-refractivity contribution in [1.82, 2.24) is 29.1 Å². The normalized spacial score (nSPS) is 15.9. The average Bonchev–Trinajstić information content (AvgIpc) is 3.24. The van der Waals surface area contributed by atoms with Crippen LogP contribution < -0.4 is 21.1 Å². The van der Waals surface area contributed by atoms with Gasteiger partial charge in [0.25, 0.3) is 0 Å². The third kappa shape index (κ3) is 4.31. The van der Waals surface area contributed by atoms with Crippen LogP contribution in [0.15, 0.2) is 29.1 Å². The fourth-order valence-corrected chi connectivity index (χ4v) is 4.51. The first kappa shape index (κ1) is 22.8. The predicted octanol–water partition coefficient (Wildman–Crippen LogP) is 1.91. The Bertz CT molecular complexity index is 1530. The second-order valence-corrected chi connectivity index (χ2v) is 8.73. The van der Waals surface area contributed by atoms with Crippen LogP contribution in [0.2, 0.25) is 0 Å². The number of hydrogen-bond acceptors (Lipinski definition) is 8. The zero-order valence-electron chi connectivity index (χ0n) is 20.2. The predicted molar refractivity (Wildman–Crippen MR) is 134 cm³/mol. The van der Waals surface area contributed by atoms with Crippen molar-refractivity contribution >= 4 is 28.0 Å². The molecular weight excluding hydrogens is 444 g/mol. The molecule has 10 heteroatoms. The van der Waals surface area contributed by atoms with Gasteiger partial charge >= 0.3 is 5.69 Å². The van der Waals surface area contributed by atoms with Gasteiger partial charge in [0.2, 0.25) is 11.8 Å². The van der Waals surface area contributed by atoms with E-state index in [0.717, 1.165) is 36.0 Å². The minimum Gasteiger partial charge on any atom is -0.468 e. The van der Waals surface area contributed by atoms with Crippen LogP contribution in [0.4, 0.5) is 5.95 Å². The highest BCUT2D eigenvalue weighted by Gasteiger charge is 2.26. The first-order chi connectivity index (χ1) is 17.0. The monoisotopic (exact) mass is 472 g/mol. The number of imidazole rings is 1. The number of rotatable bonds is 5. The van der Waals surface area contributed by atoms with Crippen molar-refractivity contribution < 1.29 is 4.74 Å². The Kier molecular flexibility index (Phi) is 6.09. The molecule has 1 aromatic carbocycles. The van der Waals surface area contributed by atoms with E-state index in [1.165, 1.54) is 4.57 Å². The smallest absolute Gasteiger partial charge is 0.352 e. The van der Waals surface area contributed by atoms with Gasteiger partial charge in [0.15, 0.2) is 17.0 Å². The Hall–Kier alpha value is -3.97. The summed E-state index contributed by atoms with van der Waals surface area (Å²) in [6, 6.07) is 7.90. The van der Waals surface area contributed by atoms with Gasteiger partial charge in [0.1, 0.15) is 6.61 Å². The summed E-state index contributed by atoms with van der Waals surface area (Å²) < 4.78 is 9.47. The van der Waals surface area contributed by atoms with E-state index in [1.54, 1.807) is 14.0 Å². The third-order valence-corrected chi connectivity index (χ3v) is 6.27. The van der Waals surface area contributed by atoms with Crippen molar-refractivity contribution in [2.75, 3.05) is 18.0 Å². The van der Waals surface area contributed by atoms with Gasteiger partial charge in [-0.15, -0.1) is 5.92 Å². The quantitative estimate of drug-likeness (QED) is 0.438. The summed E-state index contributed by atoms with van der Waals surface area (Å²) in [5, 5.41) is 0.992. The number of para-hydroxylation sites is 1. The molecule has 10 nitrogen and oxygen atoms in total. The van der Waals surface area contributed by atoms with E-state index in [9.17, 15) is 4.79 Å². The topological polar surface area (TPSA) is 117 Å². The molecule has 1 aliphatic heterocycles. The molecule has 0 spiro atoms. The number of ether oxygens (including phenoxy) is 1. The van der Waals surface area contributed by atoms with Crippen molar-refractivity contribution in [3.05, 3.63) is 46.3 Å². The van der Waals surface area contributed by atoms with Crippen LogP contribution >= 0.6 is 0 Å². The lowest BCUT2D eigenvalue weighted by Crippen LogP contribution is -2.44. The summed E-state index contributed by atoms with van der Waals surface area (Å²) in [6.45, 7) is 5.70. The highest BCUT2D eigenvalue weighted by atomic mass is 16.5. The Morgan fingerprint density at radius 3 is 2.83 bits per heavy atom. The van der Waals surface area contributed by atoms with Gasteiger partial charge in [-0.25, -0.2) is 14.8 Å². The number of nitrogens with zero attached hydrogens (tertiary/aromatic N) is 7. The van der Waals surface area contributed by atoms with Gasteiger partial charge in [0.05, 0.1) is 12.1 Å². The van der Waals surface area contributed by atoms with E-state index >= 15 is 0 Å². The summed E-state index contributed by atoms with van der Waals surface area (Å²) in [6.07, 6.45) is 1.95. The number of benzene rings is 1. The summed E-state index contributed by atoms with van der Waals surface area (Å²) in [5.41, 5.74) is 8.60. The average molecular weight is 473 g/mol. The van der Waals surface area contributed by atoms with Crippen molar-refractivity contribution in [3.63, 3.8) is 0 Å². The van der Waals surface area contributed by atoms with E-state index in [4.69, 9.17) is 15.5 Å². The van der Waals surface area contributed by atoms with Crippen LogP contribution in [-0.2, 0) is 20.2 Å². The first-order valence-corrected chi connectivity index (χ1v) is 11.7. The van der Waals surface area contributed by atoms with Crippen molar-refractivity contribution in [2.24, 2.45) is 12.8 Å². The first-order valence-electron chi connectivity index (χ1n) is 11.7. The maximum Gasteiger partial charge on any atom is 0.352 e. The lowest BCUT2D eigenvalue weighted by atomic mass is 10.1. The molecule has 1 fully saturated rings. The van der Waals surface area contributed by atoms with Gasteiger partial charge in [-0.3, -0.25) is 9.13 Å². The fraction of sp³-hybridized carbons (Fsp3) is 0.400. The highest BCUT2D eigenvalue weighted by molar-refractivity contribution is 5.81. The van der Waals surface area contributed by atoms with Crippen molar-refractivity contribution in [3.8, 4) is 17.7 Å². The Morgan fingerprint density at radius 2 is 2.03 bits per heavy atom. The number of hydrogen-bond donors (Lipinski definition) is 1. The number of nitrogens with two attached hydrogens (primary N) is 1. The van der Waals surface area contributed by atoms with Gasteiger partial charge in [-0.2, -0.15) is 9.97 Å². The summed E-state index contributed by atoms with van der Waals surface area (Å²) >= 11 is 0. The van der Waals surface area contributed by atoms with E-state index in [2.05, 4.69) is 31.7 Å². The highest BCUT2D eigenvalue weighted by Crippen LogP contribution is 2.29. The zero-order chi connectivity index (χ0) is 24.5. The van der Waals surface area contributed by atoms with Crippen molar-refractivity contribution in [1.29, 1.82) is 0 Å². The molecule has 0 aliphatic carbocycles. The third-order valence-electron chi connectivity index (χ3n) is 6.27. The zero-order valence-corrected chi connectivity index (χ0v) is 20.2. The van der Waals surface area contributed by atoms with Gasteiger partial charge in [-0.1, -0.05) is 24.1 Å². The number of anilines is 1.